The van der Waals surface area contributed by atoms with Gasteiger partial charge in [-0.15, -0.1) is 0 Å². The Morgan fingerprint density at radius 2 is 1.95 bits per heavy atom. The smallest absolute Gasteiger partial charge is 0.289 e. The molecule has 1 saturated carbocycles. The van der Waals surface area contributed by atoms with Crippen LogP contribution in [-0.4, -0.2) is 25.9 Å². The van der Waals surface area contributed by atoms with E-state index in [1.54, 1.807) is 13.8 Å². The van der Waals surface area contributed by atoms with Gasteiger partial charge in [0.1, 0.15) is 0 Å². The lowest BCUT2D eigenvalue weighted by atomic mass is 10.1. The van der Waals surface area contributed by atoms with E-state index in [4.69, 9.17) is 5.73 Å². The van der Waals surface area contributed by atoms with Crippen LogP contribution < -0.4 is 10.5 Å². The Balaban J connectivity index is 2.41. The second-order valence-corrected chi connectivity index (χ2v) is 7.50. The number of nitrogens with two attached hydrogens (primary N) is 1. The van der Waals surface area contributed by atoms with Crippen LogP contribution in [-0.2, 0) is 10.0 Å². The lowest BCUT2D eigenvalue weighted by Crippen LogP contribution is -2.40. The molecule has 7 nitrogen and oxygen atoms in total. The van der Waals surface area contributed by atoms with E-state index >= 15 is 0 Å². The van der Waals surface area contributed by atoms with Crippen LogP contribution in [0, 0.1) is 29.9 Å². The molecule has 0 saturated heterocycles. The topological polar surface area (TPSA) is 115 Å². The van der Waals surface area contributed by atoms with Gasteiger partial charge in [0.15, 0.2) is 4.90 Å². The van der Waals surface area contributed by atoms with Crippen molar-refractivity contribution in [3.63, 3.8) is 0 Å². The summed E-state index contributed by atoms with van der Waals surface area (Å²) in [5.74, 6) is 0.0837. The second-order valence-electron chi connectivity index (χ2n) is 5.82. The van der Waals surface area contributed by atoms with Gasteiger partial charge in [0, 0.05) is 12.1 Å². The molecule has 0 aliphatic heterocycles. The Kier molecular flexibility index (Phi) is 4.84. The van der Waals surface area contributed by atoms with E-state index in [0.29, 0.717) is 24.1 Å². The van der Waals surface area contributed by atoms with Crippen LogP contribution in [0.5, 0.6) is 0 Å². The molecule has 22 heavy (non-hydrogen) atoms. The third kappa shape index (κ3) is 3.29. The van der Waals surface area contributed by atoms with Gasteiger partial charge >= 0.3 is 0 Å². The average Bonchev–Trinajstić information content (AvgIpc) is 2.87. The summed E-state index contributed by atoms with van der Waals surface area (Å²) in [4.78, 5) is 10.3. The van der Waals surface area contributed by atoms with E-state index in [1.165, 1.54) is 12.1 Å². The summed E-state index contributed by atoms with van der Waals surface area (Å²) in [6.45, 7) is 3.85. The lowest BCUT2D eigenvalue weighted by Gasteiger charge is -2.19. The standard InChI is InChI=1S/C14H21N3O4S/c1-9-6-13(17(18)19)14(7-10(9)2)22(20,21)16-12-5-3-4-11(12)8-15/h6-7,11-12,16H,3-5,8,15H2,1-2H3. The first kappa shape index (κ1) is 16.9. The molecule has 8 heteroatoms. The van der Waals surface area contributed by atoms with Crippen molar-refractivity contribution in [3.05, 3.63) is 33.4 Å². The van der Waals surface area contributed by atoms with Gasteiger partial charge in [0.2, 0.25) is 10.0 Å². The van der Waals surface area contributed by atoms with Gasteiger partial charge in [0.25, 0.3) is 5.69 Å². The van der Waals surface area contributed by atoms with E-state index < -0.39 is 20.6 Å². The molecule has 0 amide bonds. The van der Waals surface area contributed by atoms with Crippen molar-refractivity contribution in [1.29, 1.82) is 0 Å². The summed E-state index contributed by atoms with van der Waals surface area (Å²) in [6, 6.07) is 2.41. The summed E-state index contributed by atoms with van der Waals surface area (Å²) in [6.07, 6.45) is 2.49. The van der Waals surface area contributed by atoms with Crippen molar-refractivity contribution < 1.29 is 13.3 Å². The molecule has 1 aromatic rings. The summed E-state index contributed by atoms with van der Waals surface area (Å²) in [7, 11) is -3.95. The van der Waals surface area contributed by atoms with Crippen molar-refractivity contribution in [1.82, 2.24) is 4.72 Å². The van der Waals surface area contributed by atoms with Crippen LogP contribution in [0.25, 0.3) is 0 Å². The van der Waals surface area contributed by atoms with Gasteiger partial charge in [-0.05, 0) is 56.3 Å². The van der Waals surface area contributed by atoms with Gasteiger partial charge in [-0.2, -0.15) is 0 Å². The van der Waals surface area contributed by atoms with Crippen molar-refractivity contribution in [2.75, 3.05) is 6.54 Å². The molecule has 3 N–H and O–H groups in total. The molecule has 1 aromatic carbocycles. The molecule has 1 aliphatic carbocycles. The summed E-state index contributed by atoms with van der Waals surface area (Å²) >= 11 is 0. The minimum absolute atomic E-state index is 0.0837. The number of aryl methyl sites for hydroxylation is 2. The molecule has 1 fully saturated rings. The number of nitrogens with one attached hydrogen (secondary N) is 1. The Morgan fingerprint density at radius 1 is 1.32 bits per heavy atom. The highest BCUT2D eigenvalue weighted by molar-refractivity contribution is 7.89. The maximum Gasteiger partial charge on any atom is 0.289 e. The first-order chi connectivity index (χ1) is 10.3. The van der Waals surface area contributed by atoms with Crippen LogP contribution in [0.2, 0.25) is 0 Å². The first-order valence-electron chi connectivity index (χ1n) is 7.24. The highest BCUT2D eigenvalue weighted by atomic mass is 32.2. The number of nitro benzene ring substituents is 1. The molecule has 0 radical (unpaired) electrons. The molecule has 0 bridgehead atoms. The molecule has 0 heterocycles. The van der Waals surface area contributed by atoms with Crippen LogP contribution in [0.15, 0.2) is 17.0 Å². The maximum absolute atomic E-state index is 12.6. The van der Waals surface area contributed by atoms with Crippen molar-refractivity contribution in [2.45, 2.75) is 44.0 Å². The third-order valence-electron chi connectivity index (χ3n) is 4.33. The molecule has 2 atom stereocenters. The largest absolute Gasteiger partial charge is 0.330 e. The minimum atomic E-state index is -3.95. The highest BCUT2D eigenvalue weighted by Gasteiger charge is 2.33. The van der Waals surface area contributed by atoms with Gasteiger partial charge in [-0.1, -0.05) is 6.42 Å². The predicted octanol–water partition coefficient (Wildman–Crippen LogP) is 1.62. The minimum Gasteiger partial charge on any atom is -0.330 e. The zero-order valence-electron chi connectivity index (χ0n) is 12.7. The van der Waals surface area contributed by atoms with Gasteiger partial charge < -0.3 is 5.73 Å². The highest BCUT2D eigenvalue weighted by Crippen LogP contribution is 2.30. The summed E-state index contributed by atoms with van der Waals surface area (Å²) in [5.41, 5.74) is 6.66. The maximum atomic E-state index is 12.6. The normalized spacial score (nSPS) is 22.0. The monoisotopic (exact) mass is 327 g/mol. The number of nitro groups is 1. The molecule has 2 rings (SSSR count). The van der Waals surface area contributed by atoms with Crippen LogP contribution >= 0.6 is 0 Å². The predicted molar refractivity (Wildman–Crippen MR) is 83.1 cm³/mol. The van der Waals surface area contributed by atoms with E-state index in [2.05, 4.69) is 4.72 Å². The molecular formula is C14H21N3O4S. The molecule has 1 aliphatic rings. The number of hydrogen-bond donors (Lipinski definition) is 2. The number of rotatable bonds is 5. The zero-order valence-corrected chi connectivity index (χ0v) is 13.5. The fraction of sp³-hybridized carbons (Fsp3) is 0.571. The molecular weight excluding hydrogens is 306 g/mol. The fourth-order valence-corrected chi connectivity index (χ4v) is 4.45. The fourth-order valence-electron chi connectivity index (χ4n) is 2.87. The SMILES string of the molecule is Cc1cc([N+](=O)[O-])c(S(=O)(=O)NC2CCCC2CN)cc1C. The molecule has 0 spiro atoms. The van der Waals surface area contributed by atoms with E-state index in [1.807, 2.05) is 0 Å². The Morgan fingerprint density at radius 3 is 2.55 bits per heavy atom. The second kappa shape index (κ2) is 6.31. The lowest BCUT2D eigenvalue weighted by molar-refractivity contribution is -0.387. The van der Waals surface area contributed by atoms with E-state index in [-0.39, 0.29) is 16.9 Å². The zero-order chi connectivity index (χ0) is 16.5. The Labute approximate surface area is 130 Å². The molecule has 0 aromatic heterocycles. The van der Waals surface area contributed by atoms with Crippen LogP contribution in [0.4, 0.5) is 5.69 Å². The molecule has 2 unspecified atom stereocenters. The number of sulfonamides is 1. The Hall–Kier alpha value is -1.51. The van der Waals surface area contributed by atoms with E-state index in [0.717, 1.165) is 12.8 Å². The molecule has 122 valence electrons. The third-order valence-corrected chi connectivity index (χ3v) is 5.85. The van der Waals surface area contributed by atoms with Crippen molar-refractivity contribution >= 4 is 15.7 Å². The summed E-state index contributed by atoms with van der Waals surface area (Å²) in [5, 5.41) is 11.2. The van der Waals surface area contributed by atoms with Gasteiger partial charge in [0.05, 0.1) is 4.92 Å². The Bertz CT molecular complexity index is 688. The average molecular weight is 327 g/mol. The van der Waals surface area contributed by atoms with Gasteiger partial charge in [-0.25, -0.2) is 13.1 Å². The van der Waals surface area contributed by atoms with Crippen molar-refractivity contribution in [3.8, 4) is 0 Å². The number of nitrogens with zero attached hydrogens (tertiary/aromatic N) is 1. The summed E-state index contributed by atoms with van der Waals surface area (Å²) < 4.78 is 27.8. The van der Waals surface area contributed by atoms with Crippen LogP contribution in [0.3, 0.4) is 0 Å². The number of hydrogen-bond acceptors (Lipinski definition) is 5. The van der Waals surface area contributed by atoms with E-state index in [9.17, 15) is 18.5 Å². The van der Waals surface area contributed by atoms with Crippen molar-refractivity contribution in [2.24, 2.45) is 11.7 Å². The first-order valence-corrected chi connectivity index (χ1v) is 8.72. The quantitative estimate of drug-likeness (QED) is 0.630. The van der Waals surface area contributed by atoms with Crippen LogP contribution in [0.1, 0.15) is 30.4 Å². The van der Waals surface area contributed by atoms with Gasteiger partial charge in [-0.3, -0.25) is 10.1 Å². The number of benzene rings is 1.